The molecule has 3 atom stereocenters. The second-order valence-electron chi connectivity index (χ2n) is 7.84. The first-order valence-electron chi connectivity index (χ1n) is 9.86. The Hall–Kier alpha value is -1.80. The fraction of sp³-hybridized carbons (Fsp3) is 0.812. The molecule has 1 aromatic rings. The van der Waals surface area contributed by atoms with E-state index in [9.17, 15) is 13.2 Å². The molecule has 162 valence electrons. The summed E-state index contributed by atoms with van der Waals surface area (Å²) in [4.78, 5) is 13.9. The highest BCUT2D eigenvalue weighted by Crippen LogP contribution is 2.38. The number of hydroxylamine groups is 2. The minimum atomic E-state index is -4.77. The summed E-state index contributed by atoms with van der Waals surface area (Å²) in [6, 6.07) is -0.884. The number of fused-ring (bicyclic) bond motifs is 2. The maximum Gasteiger partial charge on any atom is 0.418 e. The maximum atomic E-state index is 12.5. The lowest BCUT2D eigenvalue weighted by Crippen LogP contribution is -2.44. The molecular formula is C16H26N6O6S. The quantitative estimate of drug-likeness (QED) is 0.505. The van der Waals surface area contributed by atoms with Gasteiger partial charge in [-0.2, -0.15) is 13.5 Å². The molecule has 0 radical (unpaired) electrons. The van der Waals surface area contributed by atoms with Crippen LogP contribution in [-0.4, -0.2) is 76.9 Å². The van der Waals surface area contributed by atoms with Crippen molar-refractivity contribution in [1.82, 2.24) is 30.8 Å². The molecule has 29 heavy (non-hydrogen) atoms. The molecule has 0 spiro atoms. The van der Waals surface area contributed by atoms with E-state index >= 15 is 0 Å². The standard InChI is InChI=1S/C16H26N6O6S/c1-10(18-11-4-6-17-7-5-11)8-14-19-20-15(27-14)13-3-2-12-9-21(13)16(23)22(12)28-29(24,25)26/h10-13,17-18H,2-9H2,1H3,(H,24,25,26). The van der Waals surface area contributed by atoms with Crippen LogP contribution in [0.1, 0.15) is 50.4 Å². The van der Waals surface area contributed by atoms with E-state index in [1.165, 1.54) is 4.90 Å². The first kappa shape index (κ1) is 20.5. The van der Waals surface area contributed by atoms with Gasteiger partial charge in [0.25, 0.3) is 0 Å². The average Bonchev–Trinajstić information content (AvgIpc) is 3.21. The predicted molar refractivity (Wildman–Crippen MR) is 98.8 cm³/mol. The largest absolute Gasteiger partial charge is 0.423 e. The first-order chi connectivity index (χ1) is 13.8. The number of aromatic nitrogens is 2. The Kier molecular flexibility index (Phi) is 5.75. The van der Waals surface area contributed by atoms with Crippen LogP contribution in [0.2, 0.25) is 0 Å². The Bertz CT molecular complexity index is 841. The molecule has 1 aromatic heterocycles. The maximum absolute atomic E-state index is 12.5. The minimum absolute atomic E-state index is 0.175. The van der Waals surface area contributed by atoms with Gasteiger partial charge < -0.3 is 20.0 Å². The number of hydrogen-bond donors (Lipinski definition) is 3. The smallest absolute Gasteiger partial charge is 0.418 e. The van der Waals surface area contributed by atoms with Crippen molar-refractivity contribution in [2.75, 3.05) is 19.6 Å². The van der Waals surface area contributed by atoms with Gasteiger partial charge in [-0.25, -0.2) is 4.79 Å². The Morgan fingerprint density at radius 1 is 1.31 bits per heavy atom. The van der Waals surface area contributed by atoms with Gasteiger partial charge in [0.1, 0.15) is 6.04 Å². The zero-order valence-electron chi connectivity index (χ0n) is 16.2. The lowest BCUT2D eigenvalue weighted by molar-refractivity contribution is -0.0317. The summed E-state index contributed by atoms with van der Waals surface area (Å²) >= 11 is 0. The number of carbonyl (C=O) groups excluding carboxylic acids is 1. The predicted octanol–water partition coefficient (Wildman–Crippen LogP) is 0.0177. The summed E-state index contributed by atoms with van der Waals surface area (Å²) in [6.07, 6.45) is 3.78. The van der Waals surface area contributed by atoms with Crippen molar-refractivity contribution in [2.24, 2.45) is 0 Å². The van der Waals surface area contributed by atoms with Gasteiger partial charge in [0, 0.05) is 25.0 Å². The van der Waals surface area contributed by atoms with Crippen molar-refractivity contribution in [3.8, 4) is 0 Å². The molecule has 0 saturated carbocycles. The number of rotatable bonds is 7. The highest BCUT2D eigenvalue weighted by Gasteiger charge is 2.49. The summed E-state index contributed by atoms with van der Waals surface area (Å²) in [5.74, 6) is 0.823. The second kappa shape index (κ2) is 8.14. The van der Waals surface area contributed by atoms with Gasteiger partial charge in [0.15, 0.2) is 0 Å². The van der Waals surface area contributed by atoms with E-state index in [0.29, 0.717) is 42.1 Å². The van der Waals surface area contributed by atoms with Crippen LogP contribution in [0.15, 0.2) is 4.42 Å². The van der Waals surface area contributed by atoms with Crippen molar-refractivity contribution in [3.05, 3.63) is 11.8 Å². The Balaban J connectivity index is 1.37. The summed E-state index contributed by atoms with van der Waals surface area (Å²) in [6.45, 7) is 4.37. The van der Waals surface area contributed by atoms with E-state index in [0.717, 1.165) is 25.9 Å². The third-order valence-electron chi connectivity index (χ3n) is 5.61. The number of nitrogens with one attached hydrogen (secondary N) is 2. The van der Waals surface area contributed by atoms with Crippen LogP contribution < -0.4 is 10.6 Å². The van der Waals surface area contributed by atoms with Crippen molar-refractivity contribution < 1.29 is 26.5 Å². The topological polar surface area (TPSA) is 150 Å². The van der Waals surface area contributed by atoms with E-state index in [1.54, 1.807) is 0 Å². The molecule has 2 bridgehead atoms. The monoisotopic (exact) mass is 430 g/mol. The molecule has 3 unspecified atom stereocenters. The highest BCUT2D eigenvalue weighted by molar-refractivity contribution is 7.80. The molecule has 13 heteroatoms. The Labute approximate surface area is 168 Å². The molecule has 3 aliphatic heterocycles. The molecule has 12 nitrogen and oxygen atoms in total. The van der Waals surface area contributed by atoms with Gasteiger partial charge in [-0.15, -0.1) is 14.5 Å². The number of hydrogen-bond acceptors (Lipinski definition) is 9. The third kappa shape index (κ3) is 4.69. The number of carbonyl (C=O) groups is 1. The van der Waals surface area contributed by atoms with Gasteiger partial charge in [-0.3, -0.25) is 4.55 Å². The number of nitrogens with zero attached hydrogens (tertiary/aromatic N) is 4. The highest BCUT2D eigenvalue weighted by atomic mass is 32.3. The second-order valence-corrected chi connectivity index (χ2v) is 8.84. The third-order valence-corrected chi connectivity index (χ3v) is 5.95. The van der Waals surface area contributed by atoms with Gasteiger partial charge in [-0.05, 0) is 45.7 Å². The van der Waals surface area contributed by atoms with Crippen molar-refractivity contribution in [3.63, 3.8) is 0 Å². The normalized spacial score (nSPS) is 26.9. The summed E-state index contributed by atoms with van der Waals surface area (Å²) in [7, 11) is -4.77. The zero-order valence-corrected chi connectivity index (χ0v) is 17.0. The van der Waals surface area contributed by atoms with Gasteiger partial charge in [0.05, 0.1) is 6.04 Å². The van der Waals surface area contributed by atoms with Crippen molar-refractivity contribution in [2.45, 2.75) is 63.2 Å². The molecule has 4 heterocycles. The fourth-order valence-electron chi connectivity index (χ4n) is 4.28. The molecule has 3 fully saturated rings. The van der Waals surface area contributed by atoms with Crippen LogP contribution in [0.25, 0.3) is 0 Å². The molecule has 0 aliphatic carbocycles. The SMILES string of the molecule is CC(Cc1nnc(C2CCC3CN2C(=O)N3OS(=O)(=O)O)o1)NC1CCNCC1. The van der Waals surface area contributed by atoms with Gasteiger partial charge in [-0.1, -0.05) is 0 Å². The zero-order chi connectivity index (χ0) is 20.6. The van der Waals surface area contributed by atoms with E-state index in [2.05, 4.69) is 32.0 Å². The number of piperidine rings is 2. The molecule has 0 aromatic carbocycles. The Morgan fingerprint density at radius 2 is 2.07 bits per heavy atom. The molecule has 2 amide bonds. The molecule has 4 rings (SSSR count). The van der Waals surface area contributed by atoms with E-state index in [4.69, 9.17) is 8.97 Å². The molecule has 3 N–H and O–H groups in total. The van der Waals surface area contributed by atoms with Crippen molar-refractivity contribution >= 4 is 16.4 Å². The van der Waals surface area contributed by atoms with E-state index in [1.807, 2.05) is 0 Å². The lowest BCUT2D eigenvalue weighted by Gasteiger charge is -2.27. The lowest BCUT2D eigenvalue weighted by atomic mass is 10.0. The number of amides is 2. The summed E-state index contributed by atoms with van der Waals surface area (Å²) < 4.78 is 41.1. The van der Waals surface area contributed by atoms with Gasteiger partial charge in [0.2, 0.25) is 11.8 Å². The van der Waals surface area contributed by atoms with Crippen LogP contribution in [0, 0.1) is 0 Å². The van der Waals surface area contributed by atoms with E-state index in [-0.39, 0.29) is 12.6 Å². The van der Waals surface area contributed by atoms with Crippen LogP contribution in [-0.2, 0) is 21.1 Å². The molecule has 3 saturated heterocycles. The number of urea groups is 1. The van der Waals surface area contributed by atoms with Crippen LogP contribution in [0.3, 0.4) is 0 Å². The first-order valence-corrected chi connectivity index (χ1v) is 11.2. The van der Waals surface area contributed by atoms with E-state index < -0.39 is 28.5 Å². The Morgan fingerprint density at radius 3 is 2.79 bits per heavy atom. The minimum Gasteiger partial charge on any atom is -0.423 e. The summed E-state index contributed by atoms with van der Waals surface area (Å²) in [5.41, 5.74) is 0. The van der Waals surface area contributed by atoms with Crippen LogP contribution in [0.4, 0.5) is 4.79 Å². The van der Waals surface area contributed by atoms with Gasteiger partial charge >= 0.3 is 16.4 Å². The average molecular weight is 430 g/mol. The molecular weight excluding hydrogens is 404 g/mol. The van der Waals surface area contributed by atoms with Crippen molar-refractivity contribution in [1.29, 1.82) is 0 Å². The van der Waals surface area contributed by atoms with Crippen LogP contribution in [0.5, 0.6) is 0 Å². The molecule has 3 aliphatic rings. The van der Waals surface area contributed by atoms with Crippen LogP contribution >= 0.6 is 0 Å². The fourth-order valence-corrected chi connectivity index (χ4v) is 4.67. The summed E-state index contributed by atoms with van der Waals surface area (Å²) in [5, 5.41) is 15.9.